The lowest BCUT2D eigenvalue weighted by molar-refractivity contribution is -0.122. The van der Waals surface area contributed by atoms with Gasteiger partial charge in [-0.15, -0.1) is 0 Å². The van der Waals surface area contributed by atoms with E-state index in [4.69, 9.17) is 0 Å². The van der Waals surface area contributed by atoms with E-state index in [1.807, 2.05) is 30.5 Å². The van der Waals surface area contributed by atoms with Gasteiger partial charge in [-0.1, -0.05) is 18.2 Å². The number of anilines is 2. The second kappa shape index (κ2) is 7.43. The van der Waals surface area contributed by atoms with Crippen LogP contribution in [0.25, 0.3) is 10.9 Å². The second-order valence-corrected chi connectivity index (χ2v) is 7.37. The largest absolute Gasteiger partial charge is 0.345 e. The highest BCUT2D eigenvalue weighted by molar-refractivity contribution is 6.11. The van der Waals surface area contributed by atoms with E-state index < -0.39 is 11.9 Å². The summed E-state index contributed by atoms with van der Waals surface area (Å²) in [6.07, 6.45) is 1.83. The van der Waals surface area contributed by atoms with Crippen molar-refractivity contribution >= 4 is 40.0 Å². The van der Waals surface area contributed by atoms with Crippen molar-refractivity contribution in [3.8, 4) is 0 Å². The summed E-state index contributed by atoms with van der Waals surface area (Å²) in [7, 11) is 0. The number of rotatable bonds is 4. The molecule has 3 amide bonds. The number of benzene rings is 2. The summed E-state index contributed by atoms with van der Waals surface area (Å²) in [5, 5.41) is 9.16. The standard InChI is InChI=1S/C22H22N4O3/c1-13(2)26-11-10-14-16(8-5-9-19(14)26)23-20(27)12-18-22(29)24-17-7-4-3-6-15(17)21(28)25-18/h3-11,13,18H,12H2,1-2H3,(H,23,27)(H,24,29)(H,25,28). The van der Waals surface area contributed by atoms with Gasteiger partial charge in [0, 0.05) is 17.6 Å². The molecule has 1 atom stereocenters. The summed E-state index contributed by atoms with van der Waals surface area (Å²) < 4.78 is 2.13. The van der Waals surface area contributed by atoms with Crippen molar-refractivity contribution in [3.63, 3.8) is 0 Å². The normalized spacial score (nSPS) is 16.2. The Morgan fingerprint density at radius 3 is 2.69 bits per heavy atom. The van der Waals surface area contributed by atoms with Crippen LogP contribution in [0, 0.1) is 0 Å². The molecule has 0 aliphatic carbocycles. The Hall–Kier alpha value is -3.61. The number of para-hydroxylation sites is 1. The summed E-state index contributed by atoms with van der Waals surface area (Å²) in [6.45, 7) is 4.19. The van der Waals surface area contributed by atoms with Gasteiger partial charge in [0.2, 0.25) is 11.8 Å². The van der Waals surface area contributed by atoms with Gasteiger partial charge in [-0.2, -0.15) is 0 Å². The molecular weight excluding hydrogens is 368 g/mol. The highest BCUT2D eigenvalue weighted by atomic mass is 16.2. The molecule has 0 fully saturated rings. The second-order valence-electron chi connectivity index (χ2n) is 7.37. The van der Waals surface area contributed by atoms with Crippen LogP contribution in [0.5, 0.6) is 0 Å². The number of carbonyl (C=O) groups is 3. The van der Waals surface area contributed by atoms with Crippen LogP contribution in [0.1, 0.15) is 36.7 Å². The Bertz CT molecular complexity index is 1120. The zero-order chi connectivity index (χ0) is 20.5. The number of hydrogen-bond acceptors (Lipinski definition) is 3. The lowest BCUT2D eigenvalue weighted by Crippen LogP contribution is -2.43. The van der Waals surface area contributed by atoms with Gasteiger partial charge in [-0.25, -0.2) is 0 Å². The molecule has 1 aromatic heterocycles. The van der Waals surface area contributed by atoms with Gasteiger partial charge in [0.05, 0.1) is 28.9 Å². The monoisotopic (exact) mass is 390 g/mol. The maximum atomic E-state index is 12.7. The predicted octanol–water partition coefficient (Wildman–Crippen LogP) is 3.30. The van der Waals surface area contributed by atoms with Gasteiger partial charge < -0.3 is 20.5 Å². The molecule has 29 heavy (non-hydrogen) atoms. The summed E-state index contributed by atoms with van der Waals surface area (Å²) in [5.74, 6) is -1.14. The number of amides is 3. The van der Waals surface area contributed by atoms with Crippen LogP contribution in [0.2, 0.25) is 0 Å². The molecule has 0 spiro atoms. The maximum absolute atomic E-state index is 12.7. The summed E-state index contributed by atoms with van der Waals surface area (Å²) in [4.78, 5) is 37.6. The SMILES string of the molecule is CC(C)n1ccc2c(NC(=O)CC3NC(=O)c4ccccc4NC3=O)cccc21. The molecule has 0 saturated carbocycles. The molecule has 2 heterocycles. The lowest BCUT2D eigenvalue weighted by atomic mass is 10.1. The highest BCUT2D eigenvalue weighted by Crippen LogP contribution is 2.27. The van der Waals surface area contributed by atoms with Gasteiger partial charge >= 0.3 is 0 Å². The Morgan fingerprint density at radius 1 is 1.10 bits per heavy atom. The minimum atomic E-state index is -0.950. The van der Waals surface area contributed by atoms with Crippen LogP contribution < -0.4 is 16.0 Å². The van der Waals surface area contributed by atoms with Crippen molar-refractivity contribution in [2.24, 2.45) is 0 Å². The zero-order valence-corrected chi connectivity index (χ0v) is 16.2. The third kappa shape index (κ3) is 3.59. The summed E-state index contributed by atoms with van der Waals surface area (Å²) >= 11 is 0. The number of carbonyl (C=O) groups excluding carboxylic acids is 3. The first kappa shape index (κ1) is 18.7. The molecule has 0 radical (unpaired) electrons. The Kier molecular flexibility index (Phi) is 4.80. The van der Waals surface area contributed by atoms with E-state index in [9.17, 15) is 14.4 Å². The molecule has 3 N–H and O–H groups in total. The molecule has 0 saturated heterocycles. The Balaban J connectivity index is 1.51. The van der Waals surface area contributed by atoms with Gasteiger partial charge in [-0.05, 0) is 44.2 Å². The van der Waals surface area contributed by atoms with E-state index >= 15 is 0 Å². The first-order valence-electron chi connectivity index (χ1n) is 9.54. The molecule has 7 nitrogen and oxygen atoms in total. The molecule has 0 bridgehead atoms. The average molecular weight is 390 g/mol. The fourth-order valence-electron chi connectivity index (χ4n) is 3.59. The maximum Gasteiger partial charge on any atom is 0.254 e. The van der Waals surface area contributed by atoms with E-state index in [0.29, 0.717) is 23.0 Å². The molecule has 3 aromatic rings. The molecule has 148 valence electrons. The molecular formula is C22H22N4O3. The molecule has 2 aromatic carbocycles. The average Bonchev–Trinajstić information content (AvgIpc) is 3.08. The van der Waals surface area contributed by atoms with Gasteiger partial charge in [0.25, 0.3) is 5.91 Å². The van der Waals surface area contributed by atoms with Crippen LogP contribution in [0.3, 0.4) is 0 Å². The smallest absolute Gasteiger partial charge is 0.254 e. The molecule has 4 rings (SSSR count). The van der Waals surface area contributed by atoms with Crippen molar-refractivity contribution in [2.45, 2.75) is 32.4 Å². The van der Waals surface area contributed by atoms with Crippen molar-refractivity contribution in [3.05, 3.63) is 60.3 Å². The van der Waals surface area contributed by atoms with E-state index in [2.05, 4.69) is 34.4 Å². The third-order valence-electron chi connectivity index (χ3n) is 5.03. The number of nitrogens with one attached hydrogen (secondary N) is 3. The topological polar surface area (TPSA) is 92.2 Å². The van der Waals surface area contributed by atoms with Crippen LogP contribution in [-0.4, -0.2) is 28.3 Å². The molecule has 7 heteroatoms. The van der Waals surface area contributed by atoms with Crippen LogP contribution in [-0.2, 0) is 9.59 Å². The highest BCUT2D eigenvalue weighted by Gasteiger charge is 2.29. The number of hydrogen-bond donors (Lipinski definition) is 3. The molecule has 1 unspecified atom stereocenters. The molecule has 1 aliphatic heterocycles. The zero-order valence-electron chi connectivity index (χ0n) is 16.2. The first-order valence-corrected chi connectivity index (χ1v) is 9.54. The van der Waals surface area contributed by atoms with Crippen LogP contribution in [0.15, 0.2) is 54.7 Å². The minimum Gasteiger partial charge on any atom is -0.345 e. The minimum absolute atomic E-state index is 0.160. The summed E-state index contributed by atoms with van der Waals surface area (Å²) in [5.41, 5.74) is 2.52. The van der Waals surface area contributed by atoms with Crippen molar-refractivity contribution in [2.75, 3.05) is 10.6 Å². The summed E-state index contributed by atoms with van der Waals surface area (Å²) in [6, 6.07) is 13.8. The van der Waals surface area contributed by atoms with E-state index in [0.717, 1.165) is 10.9 Å². The van der Waals surface area contributed by atoms with E-state index in [1.54, 1.807) is 24.3 Å². The fourth-order valence-corrected chi connectivity index (χ4v) is 3.59. The van der Waals surface area contributed by atoms with Crippen molar-refractivity contribution in [1.82, 2.24) is 9.88 Å². The quantitative estimate of drug-likeness (QED) is 0.638. The van der Waals surface area contributed by atoms with Crippen molar-refractivity contribution in [1.29, 1.82) is 0 Å². The fraction of sp³-hybridized carbons (Fsp3) is 0.227. The van der Waals surface area contributed by atoms with E-state index in [-0.39, 0.29) is 18.2 Å². The third-order valence-corrected chi connectivity index (χ3v) is 5.03. The number of fused-ring (bicyclic) bond motifs is 2. The molecule has 1 aliphatic rings. The van der Waals surface area contributed by atoms with Crippen LogP contribution >= 0.6 is 0 Å². The Morgan fingerprint density at radius 2 is 1.90 bits per heavy atom. The Labute approximate surface area is 168 Å². The number of nitrogens with zero attached hydrogens (tertiary/aromatic N) is 1. The lowest BCUT2D eigenvalue weighted by Gasteiger charge is -2.15. The number of aromatic nitrogens is 1. The van der Waals surface area contributed by atoms with Crippen molar-refractivity contribution < 1.29 is 14.4 Å². The predicted molar refractivity (Wildman–Crippen MR) is 112 cm³/mol. The van der Waals surface area contributed by atoms with E-state index in [1.165, 1.54) is 0 Å². The van der Waals surface area contributed by atoms with Gasteiger partial charge in [0.1, 0.15) is 6.04 Å². The van der Waals surface area contributed by atoms with Crippen LogP contribution in [0.4, 0.5) is 11.4 Å². The first-order chi connectivity index (χ1) is 13.9. The van der Waals surface area contributed by atoms with Gasteiger partial charge in [-0.3, -0.25) is 14.4 Å². The van der Waals surface area contributed by atoms with Gasteiger partial charge in [0.15, 0.2) is 0 Å².